The van der Waals surface area contributed by atoms with Gasteiger partial charge in [0.05, 0.1) is 35.3 Å². The van der Waals surface area contributed by atoms with Crippen molar-refractivity contribution in [3.8, 4) is 0 Å². The fourth-order valence-electron chi connectivity index (χ4n) is 2.31. The first kappa shape index (κ1) is 19.3. The molecule has 0 aliphatic rings. The Morgan fingerprint density at radius 2 is 1.79 bits per heavy atom. The molecule has 2 aromatic carbocycles. The normalized spacial score (nSPS) is 10.2. The molecule has 0 saturated heterocycles. The van der Waals surface area contributed by atoms with E-state index >= 15 is 0 Å². The first-order valence-corrected chi connectivity index (χ1v) is 8.86. The maximum atomic E-state index is 12.3. The summed E-state index contributed by atoms with van der Waals surface area (Å²) in [5.41, 5.74) is 1.78. The first-order valence-electron chi connectivity index (χ1n) is 8.49. The highest BCUT2D eigenvalue weighted by Gasteiger charge is 2.11. The lowest BCUT2D eigenvalue weighted by atomic mass is 10.2. The highest BCUT2D eigenvalue weighted by Crippen LogP contribution is 2.23. The molecule has 7 nitrogen and oxygen atoms in total. The van der Waals surface area contributed by atoms with E-state index in [1.165, 1.54) is 12.4 Å². The van der Waals surface area contributed by atoms with Gasteiger partial charge in [-0.05, 0) is 43.3 Å². The number of ether oxygens (including phenoxy) is 1. The number of carbonyl (C=O) groups is 2. The highest BCUT2D eigenvalue weighted by molar-refractivity contribution is 6.33. The van der Waals surface area contributed by atoms with Gasteiger partial charge in [-0.15, -0.1) is 0 Å². The van der Waals surface area contributed by atoms with E-state index in [4.69, 9.17) is 16.3 Å². The molecule has 8 heteroatoms. The molecule has 3 rings (SSSR count). The maximum Gasteiger partial charge on any atom is 0.338 e. The Morgan fingerprint density at radius 1 is 1.04 bits per heavy atom. The molecule has 0 aliphatic heterocycles. The van der Waals surface area contributed by atoms with Gasteiger partial charge in [-0.2, -0.15) is 0 Å². The van der Waals surface area contributed by atoms with Crippen molar-refractivity contribution in [2.75, 3.05) is 17.2 Å². The van der Waals surface area contributed by atoms with E-state index in [1.807, 2.05) is 18.2 Å². The molecule has 0 bridgehead atoms. The fourth-order valence-corrected chi connectivity index (χ4v) is 2.49. The highest BCUT2D eigenvalue weighted by atomic mass is 35.5. The Labute approximate surface area is 166 Å². The predicted molar refractivity (Wildman–Crippen MR) is 107 cm³/mol. The van der Waals surface area contributed by atoms with Crippen LogP contribution in [0.4, 0.5) is 17.2 Å². The van der Waals surface area contributed by atoms with Crippen molar-refractivity contribution in [3.05, 3.63) is 77.2 Å². The van der Waals surface area contributed by atoms with Gasteiger partial charge in [-0.3, -0.25) is 4.79 Å². The van der Waals surface area contributed by atoms with Gasteiger partial charge in [-0.25, -0.2) is 14.8 Å². The zero-order valence-corrected chi connectivity index (χ0v) is 15.7. The maximum absolute atomic E-state index is 12.3. The van der Waals surface area contributed by atoms with Gasteiger partial charge in [0.15, 0.2) is 0 Å². The van der Waals surface area contributed by atoms with Crippen LogP contribution >= 0.6 is 11.6 Å². The van der Waals surface area contributed by atoms with Crippen LogP contribution in [-0.2, 0) is 4.74 Å². The Morgan fingerprint density at radius 3 is 2.43 bits per heavy atom. The summed E-state index contributed by atoms with van der Waals surface area (Å²) in [6.45, 7) is 2.04. The van der Waals surface area contributed by atoms with Crippen molar-refractivity contribution >= 4 is 40.7 Å². The van der Waals surface area contributed by atoms with Crippen molar-refractivity contribution in [1.29, 1.82) is 0 Å². The number of hydrogen-bond acceptors (Lipinski definition) is 6. The van der Waals surface area contributed by atoms with Crippen LogP contribution in [0.2, 0.25) is 5.02 Å². The largest absolute Gasteiger partial charge is 0.462 e. The van der Waals surface area contributed by atoms with Gasteiger partial charge in [0.1, 0.15) is 11.5 Å². The molecular formula is C20H17ClN4O3. The van der Waals surface area contributed by atoms with Crippen LogP contribution in [0.5, 0.6) is 0 Å². The molecule has 0 saturated carbocycles. The number of para-hydroxylation sites is 1. The third-order valence-corrected chi connectivity index (χ3v) is 4.00. The summed E-state index contributed by atoms with van der Waals surface area (Å²) in [5, 5.41) is 6.29. The molecule has 0 radical (unpaired) electrons. The number of carbonyl (C=O) groups excluding carboxylic acids is 2. The second kappa shape index (κ2) is 8.96. The zero-order valence-electron chi connectivity index (χ0n) is 15.0. The number of esters is 1. The van der Waals surface area contributed by atoms with E-state index in [-0.39, 0.29) is 5.69 Å². The fraction of sp³-hybridized carbons (Fsp3) is 0.100. The van der Waals surface area contributed by atoms with Crippen molar-refractivity contribution in [3.63, 3.8) is 0 Å². The van der Waals surface area contributed by atoms with Gasteiger partial charge in [0.2, 0.25) is 0 Å². The van der Waals surface area contributed by atoms with E-state index in [0.29, 0.717) is 34.4 Å². The topological polar surface area (TPSA) is 93.2 Å². The lowest BCUT2D eigenvalue weighted by Crippen LogP contribution is -2.14. The third kappa shape index (κ3) is 4.83. The molecule has 1 aromatic heterocycles. The molecular weight excluding hydrogens is 380 g/mol. The monoisotopic (exact) mass is 396 g/mol. The average molecular weight is 397 g/mol. The van der Waals surface area contributed by atoms with Gasteiger partial charge in [-0.1, -0.05) is 23.7 Å². The van der Waals surface area contributed by atoms with Crippen LogP contribution in [0.15, 0.2) is 60.9 Å². The van der Waals surface area contributed by atoms with E-state index in [0.717, 1.165) is 0 Å². The van der Waals surface area contributed by atoms with Crippen LogP contribution in [0.3, 0.4) is 0 Å². The number of hydrogen-bond donors (Lipinski definition) is 2. The Hall–Kier alpha value is -3.45. The molecule has 0 fully saturated rings. The minimum absolute atomic E-state index is 0.152. The van der Waals surface area contributed by atoms with E-state index in [9.17, 15) is 9.59 Å². The standard InChI is InChI=1S/C20H17ClN4O3/c1-2-28-20(27)13-7-9-14(10-8-13)24-19(26)17-11-23-18(12-22-17)25-16-6-4-3-5-15(16)21/h3-12H,2H2,1H3,(H,23,25)(H,24,26). The van der Waals surface area contributed by atoms with Crippen molar-refractivity contribution < 1.29 is 14.3 Å². The van der Waals surface area contributed by atoms with Crippen LogP contribution in [0.1, 0.15) is 27.8 Å². The molecule has 1 heterocycles. The molecule has 3 aromatic rings. The van der Waals surface area contributed by atoms with Crippen molar-refractivity contribution in [1.82, 2.24) is 9.97 Å². The first-order chi connectivity index (χ1) is 13.6. The Bertz CT molecular complexity index is 976. The molecule has 0 atom stereocenters. The van der Waals surface area contributed by atoms with Crippen LogP contribution < -0.4 is 10.6 Å². The predicted octanol–water partition coefficient (Wildman–Crippen LogP) is 4.30. The van der Waals surface area contributed by atoms with E-state index in [2.05, 4.69) is 20.6 Å². The van der Waals surface area contributed by atoms with E-state index in [1.54, 1.807) is 37.3 Å². The second-order valence-electron chi connectivity index (χ2n) is 5.64. The van der Waals surface area contributed by atoms with Crippen molar-refractivity contribution in [2.45, 2.75) is 6.92 Å². The van der Waals surface area contributed by atoms with Crippen molar-refractivity contribution in [2.24, 2.45) is 0 Å². The van der Waals surface area contributed by atoms with Gasteiger partial charge >= 0.3 is 5.97 Å². The second-order valence-corrected chi connectivity index (χ2v) is 6.05. The zero-order chi connectivity index (χ0) is 19.9. The van der Waals surface area contributed by atoms with E-state index < -0.39 is 11.9 Å². The van der Waals surface area contributed by atoms with Crippen LogP contribution in [0, 0.1) is 0 Å². The number of benzene rings is 2. The SMILES string of the molecule is CCOC(=O)c1ccc(NC(=O)c2cnc(Nc3ccccc3Cl)cn2)cc1. The number of nitrogens with zero attached hydrogens (tertiary/aromatic N) is 2. The summed E-state index contributed by atoms with van der Waals surface area (Å²) in [6, 6.07) is 13.6. The number of amides is 1. The van der Waals surface area contributed by atoms with Gasteiger partial charge in [0, 0.05) is 5.69 Å². The third-order valence-electron chi connectivity index (χ3n) is 3.67. The van der Waals surface area contributed by atoms with Gasteiger partial charge in [0.25, 0.3) is 5.91 Å². The van der Waals surface area contributed by atoms with Crippen LogP contribution in [-0.4, -0.2) is 28.5 Å². The Balaban J connectivity index is 1.63. The van der Waals surface area contributed by atoms with Gasteiger partial charge < -0.3 is 15.4 Å². The molecule has 0 aliphatic carbocycles. The molecule has 142 valence electrons. The smallest absolute Gasteiger partial charge is 0.338 e. The molecule has 0 spiro atoms. The summed E-state index contributed by atoms with van der Waals surface area (Å²) in [6.07, 6.45) is 2.81. The van der Waals surface area contributed by atoms with Crippen LogP contribution in [0.25, 0.3) is 0 Å². The molecule has 1 amide bonds. The number of anilines is 3. The molecule has 2 N–H and O–H groups in total. The summed E-state index contributed by atoms with van der Waals surface area (Å²) in [5.74, 6) is -0.364. The lowest BCUT2D eigenvalue weighted by molar-refractivity contribution is 0.0526. The minimum Gasteiger partial charge on any atom is -0.462 e. The number of halogens is 1. The average Bonchev–Trinajstić information content (AvgIpc) is 2.71. The summed E-state index contributed by atoms with van der Waals surface area (Å²) < 4.78 is 4.92. The lowest BCUT2D eigenvalue weighted by Gasteiger charge is -2.08. The summed E-state index contributed by atoms with van der Waals surface area (Å²) in [4.78, 5) is 32.3. The number of aromatic nitrogens is 2. The minimum atomic E-state index is -0.416. The summed E-state index contributed by atoms with van der Waals surface area (Å²) >= 11 is 6.09. The Kier molecular flexibility index (Phi) is 6.18. The quantitative estimate of drug-likeness (QED) is 0.603. The molecule has 28 heavy (non-hydrogen) atoms. The number of rotatable bonds is 6. The molecule has 0 unspecified atom stereocenters. The summed E-state index contributed by atoms with van der Waals surface area (Å²) in [7, 11) is 0. The number of nitrogens with one attached hydrogen (secondary N) is 2.